The molecular formula is C12H20N4. The lowest BCUT2D eigenvalue weighted by atomic mass is 10.4. The SMILES string of the molecule is CC(C)N=C(Nc1ccccn1)NC(C)C. The highest BCUT2D eigenvalue weighted by molar-refractivity contribution is 5.93. The van der Waals surface area contributed by atoms with Crippen LogP contribution in [0, 0.1) is 0 Å². The molecule has 0 radical (unpaired) electrons. The van der Waals surface area contributed by atoms with Gasteiger partial charge in [-0.3, -0.25) is 4.99 Å². The predicted molar refractivity (Wildman–Crippen MR) is 68.7 cm³/mol. The van der Waals surface area contributed by atoms with E-state index in [1.54, 1.807) is 6.20 Å². The molecule has 1 aromatic heterocycles. The van der Waals surface area contributed by atoms with E-state index in [-0.39, 0.29) is 6.04 Å². The van der Waals surface area contributed by atoms with E-state index in [0.29, 0.717) is 6.04 Å². The normalized spacial score (nSPS) is 12.0. The van der Waals surface area contributed by atoms with Crippen molar-refractivity contribution in [1.82, 2.24) is 10.3 Å². The number of hydrogen-bond acceptors (Lipinski definition) is 2. The molecule has 0 aliphatic carbocycles. The Kier molecular flexibility index (Phi) is 4.76. The molecule has 4 nitrogen and oxygen atoms in total. The molecule has 0 aliphatic heterocycles. The van der Waals surface area contributed by atoms with E-state index < -0.39 is 0 Å². The second kappa shape index (κ2) is 6.10. The van der Waals surface area contributed by atoms with Crippen molar-refractivity contribution in [3.05, 3.63) is 24.4 Å². The van der Waals surface area contributed by atoms with Crippen LogP contribution in [0.4, 0.5) is 5.82 Å². The fourth-order valence-electron chi connectivity index (χ4n) is 1.20. The first-order chi connectivity index (χ1) is 7.58. The maximum Gasteiger partial charge on any atom is 0.197 e. The largest absolute Gasteiger partial charge is 0.354 e. The molecule has 88 valence electrons. The summed E-state index contributed by atoms with van der Waals surface area (Å²) in [6.07, 6.45) is 1.75. The summed E-state index contributed by atoms with van der Waals surface area (Å²) in [5, 5.41) is 6.43. The van der Waals surface area contributed by atoms with Gasteiger partial charge in [-0.05, 0) is 39.8 Å². The molecule has 0 amide bonds. The standard InChI is InChI=1S/C12H20N4/c1-9(2)14-12(15-10(3)4)16-11-7-5-6-8-13-11/h5-10H,1-4H3,(H2,13,14,15,16). The van der Waals surface area contributed by atoms with Crippen LogP contribution >= 0.6 is 0 Å². The van der Waals surface area contributed by atoms with Crippen molar-refractivity contribution >= 4 is 11.8 Å². The van der Waals surface area contributed by atoms with E-state index in [2.05, 4.69) is 34.5 Å². The average molecular weight is 220 g/mol. The second-order valence-electron chi connectivity index (χ2n) is 4.21. The Morgan fingerprint density at radius 1 is 1.25 bits per heavy atom. The molecule has 0 spiro atoms. The molecule has 0 aliphatic rings. The molecule has 1 heterocycles. The van der Waals surface area contributed by atoms with Crippen molar-refractivity contribution in [2.24, 2.45) is 4.99 Å². The van der Waals surface area contributed by atoms with Crippen LogP contribution in [0.5, 0.6) is 0 Å². The first kappa shape index (κ1) is 12.5. The van der Waals surface area contributed by atoms with Crippen LogP contribution in [0.25, 0.3) is 0 Å². The lowest BCUT2D eigenvalue weighted by molar-refractivity contribution is 0.717. The van der Waals surface area contributed by atoms with E-state index in [1.807, 2.05) is 32.0 Å². The van der Waals surface area contributed by atoms with Crippen molar-refractivity contribution in [2.45, 2.75) is 39.8 Å². The molecule has 1 aromatic rings. The van der Waals surface area contributed by atoms with Gasteiger partial charge in [-0.2, -0.15) is 0 Å². The zero-order valence-corrected chi connectivity index (χ0v) is 10.4. The zero-order valence-electron chi connectivity index (χ0n) is 10.4. The summed E-state index contributed by atoms with van der Waals surface area (Å²) in [5.41, 5.74) is 0. The summed E-state index contributed by atoms with van der Waals surface area (Å²) in [4.78, 5) is 8.67. The molecule has 0 unspecified atom stereocenters. The van der Waals surface area contributed by atoms with Crippen LogP contribution in [-0.2, 0) is 0 Å². The fourth-order valence-corrected chi connectivity index (χ4v) is 1.20. The smallest absolute Gasteiger partial charge is 0.197 e. The molecule has 0 bridgehead atoms. The third-order valence-corrected chi connectivity index (χ3v) is 1.72. The fraction of sp³-hybridized carbons (Fsp3) is 0.500. The number of nitrogens with zero attached hydrogens (tertiary/aromatic N) is 2. The Balaban J connectivity index is 2.71. The van der Waals surface area contributed by atoms with Gasteiger partial charge in [0.25, 0.3) is 0 Å². The summed E-state index contributed by atoms with van der Waals surface area (Å²) < 4.78 is 0. The van der Waals surface area contributed by atoms with Crippen LogP contribution < -0.4 is 10.6 Å². The average Bonchev–Trinajstić information content (AvgIpc) is 2.16. The van der Waals surface area contributed by atoms with Gasteiger partial charge in [-0.25, -0.2) is 4.98 Å². The van der Waals surface area contributed by atoms with Gasteiger partial charge in [0.15, 0.2) is 5.96 Å². The van der Waals surface area contributed by atoms with Crippen molar-refractivity contribution in [1.29, 1.82) is 0 Å². The predicted octanol–water partition coefficient (Wildman–Crippen LogP) is 2.26. The van der Waals surface area contributed by atoms with Gasteiger partial charge in [0.05, 0.1) is 0 Å². The second-order valence-corrected chi connectivity index (χ2v) is 4.21. The van der Waals surface area contributed by atoms with Gasteiger partial charge < -0.3 is 10.6 Å². The van der Waals surface area contributed by atoms with Crippen molar-refractivity contribution in [2.75, 3.05) is 5.32 Å². The molecule has 4 heteroatoms. The van der Waals surface area contributed by atoms with E-state index in [9.17, 15) is 0 Å². The maximum absolute atomic E-state index is 4.47. The first-order valence-corrected chi connectivity index (χ1v) is 5.60. The van der Waals surface area contributed by atoms with E-state index in [4.69, 9.17) is 0 Å². The molecule has 1 rings (SSSR count). The number of pyridine rings is 1. The number of anilines is 1. The molecule has 2 N–H and O–H groups in total. The van der Waals surface area contributed by atoms with Gasteiger partial charge in [0.1, 0.15) is 5.82 Å². The number of guanidine groups is 1. The lowest BCUT2D eigenvalue weighted by Crippen LogP contribution is -2.36. The summed E-state index contributed by atoms with van der Waals surface area (Å²) in [7, 11) is 0. The molecule has 0 fully saturated rings. The van der Waals surface area contributed by atoms with Crippen molar-refractivity contribution in [3.63, 3.8) is 0 Å². The number of rotatable bonds is 3. The van der Waals surface area contributed by atoms with Crippen molar-refractivity contribution in [3.8, 4) is 0 Å². The summed E-state index contributed by atoms with van der Waals surface area (Å²) in [6.45, 7) is 8.25. The summed E-state index contributed by atoms with van der Waals surface area (Å²) >= 11 is 0. The third kappa shape index (κ3) is 4.77. The van der Waals surface area contributed by atoms with E-state index in [1.165, 1.54) is 0 Å². The van der Waals surface area contributed by atoms with E-state index in [0.717, 1.165) is 11.8 Å². The minimum atomic E-state index is 0.248. The Labute approximate surface area is 97.2 Å². The number of aromatic nitrogens is 1. The van der Waals surface area contributed by atoms with Crippen LogP contribution in [0.3, 0.4) is 0 Å². The van der Waals surface area contributed by atoms with Gasteiger partial charge in [0.2, 0.25) is 0 Å². The van der Waals surface area contributed by atoms with E-state index >= 15 is 0 Å². The highest BCUT2D eigenvalue weighted by Crippen LogP contribution is 2.00. The molecule has 0 saturated carbocycles. The monoisotopic (exact) mass is 220 g/mol. The van der Waals surface area contributed by atoms with Crippen LogP contribution in [0.1, 0.15) is 27.7 Å². The zero-order chi connectivity index (χ0) is 12.0. The molecule has 0 atom stereocenters. The first-order valence-electron chi connectivity index (χ1n) is 5.60. The molecular weight excluding hydrogens is 200 g/mol. The number of aliphatic imine (C=N–C) groups is 1. The minimum absolute atomic E-state index is 0.248. The van der Waals surface area contributed by atoms with Crippen LogP contribution in [0.15, 0.2) is 29.4 Å². The molecule has 16 heavy (non-hydrogen) atoms. The van der Waals surface area contributed by atoms with Gasteiger partial charge in [0, 0.05) is 18.3 Å². The molecule has 0 aromatic carbocycles. The summed E-state index contributed by atoms with van der Waals surface area (Å²) in [6, 6.07) is 6.33. The topological polar surface area (TPSA) is 49.3 Å². The van der Waals surface area contributed by atoms with Crippen molar-refractivity contribution < 1.29 is 0 Å². The Bertz CT molecular complexity index is 330. The number of nitrogens with one attached hydrogen (secondary N) is 2. The Morgan fingerprint density at radius 3 is 2.50 bits per heavy atom. The third-order valence-electron chi connectivity index (χ3n) is 1.72. The summed E-state index contributed by atoms with van der Waals surface area (Å²) in [5.74, 6) is 1.57. The van der Waals surface area contributed by atoms with Crippen LogP contribution in [-0.4, -0.2) is 23.0 Å². The number of hydrogen-bond donors (Lipinski definition) is 2. The maximum atomic E-state index is 4.47. The van der Waals surface area contributed by atoms with Gasteiger partial charge in [-0.15, -0.1) is 0 Å². The van der Waals surface area contributed by atoms with Gasteiger partial charge in [-0.1, -0.05) is 6.07 Å². The lowest BCUT2D eigenvalue weighted by Gasteiger charge is -2.15. The molecule has 0 saturated heterocycles. The quantitative estimate of drug-likeness (QED) is 0.607. The highest BCUT2D eigenvalue weighted by Gasteiger charge is 2.03. The Morgan fingerprint density at radius 2 is 2.00 bits per heavy atom. The minimum Gasteiger partial charge on any atom is -0.354 e. The van der Waals surface area contributed by atoms with Gasteiger partial charge >= 0.3 is 0 Å². The Hall–Kier alpha value is -1.58. The van der Waals surface area contributed by atoms with Crippen LogP contribution in [0.2, 0.25) is 0 Å². The highest BCUT2D eigenvalue weighted by atomic mass is 15.2.